The first-order valence-corrected chi connectivity index (χ1v) is 8.25. The van der Waals surface area contributed by atoms with Crippen molar-refractivity contribution in [2.75, 3.05) is 26.8 Å². The van der Waals surface area contributed by atoms with Crippen LogP contribution < -0.4 is 0 Å². The Morgan fingerprint density at radius 3 is 2.67 bits per heavy atom. The lowest BCUT2D eigenvalue weighted by atomic mass is 9.92. The number of amides is 1. The molecule has 1 saturated heterocycles. The van der Waals surface area contributed by atoms with E-state index in [1.807, 2.05) is 24.1 Å². The molecule has 0 aromatic carbocycles. The van der Waals surface area contributed by atoms with E-state index in [0.717, 1.165) is 55.1 Å². The third-order valence-corrected chi connectivity index (χ3v) is 4.41. The number of nitrogens with zero attached hydrogens (tertiary/aromatic N) is 4. The van der Waals surface area contributed by atoms with Crippen molar-refractivity contribution in [2.24, 2.45) is 5.92 Å². The minimum absolute atomic E-state index is 0.0781. The van der Waals surface area contributed by atoms with Crippen molar-refractivity contribution in [2.45, 2.75) is 26.2 Å². The Morgan fingerprint density at radius 1 is 1.29 bits per heavy atom. The predicted octanol–water partition coefficient (Wildman–Crippen LogP) is 1.60. The van der Waals surface area contributed by atoms with Crippen LogP contribution in [0.2, 0.25) is 0 Å². The Hall–Kier alpha value is -2.28. The van der Waals surface area contributed by atoms with Crippen molar-refractivity contribution in [3.05, 3.63) is 29.8 Å². The Balaban J connectivity index is 1.53. The summed E-state index contributed by atoms with van der Waals surface area (Å²) < 4.78 is 4.91. The molecular formula is C17H23N5O2. The quantitative estimate of drug-likeness (QED) is 0.901. The van der Waals surface area contributed by atoms with Crippen molar-refractivity contribution in [1.82, 2.24) is 25.1 Å². The third-order valence-electron chi connectivity index (χ3n) is 4.41. The van der Waals surface area contributed by atoms with Gasteiger partial charge in [0.25, 0.3) is 0 Å². The van der Waals surface area contributed by atoms with Crippen LogP contribution in [0.15, 0.2) is 18.5 Å². The number of carbonyl (C=O) groups excluding carboxylic acids is 1. The van der Waals surface area contributed by atoms with Crippen LogP contribution in [0.3, 0.4) is 0 Å². The zero-order valence-electron chi connectivity index (χ0n) is 14.2. The third kappa shape index (κ3) is 3.97. The highest BCUT2D eigenvalue weighted by Crippen LogP contribution is 2.21. The molecule has 0 saturated carbocycles. The van der Waals surface area contributed by atoms with Gasteiger partial charge in [0.15, 0.2) is 0 Å². The summed E-state index contributed by atoms with van der Waals surface area (Å²) in [5.41, 5.74) is 3.60. The normalized spacial score (nSPS) is 15.7. The van der Waals surface area contributed by atoms with Crippen LogP contribution in [0.1, 0.15) is 24.2 Å². The first-order valence-electron chi connectivity index (χ1n) is 8.25. The van der Waals surface area contributed by atoms with Crippen molar-refractivity contribution in [3.63, 3.8) is 0 Å². The van der Waals surface area contributed by atoms with Crippen molar-refractivity contribution in [3.8, 4) is 11.4 Å². The average Bonchev–Trinajstić information content (AvgIpc) is 3.03. The van der Waals surface area contributed by atoms with E-state index >= 15 is 0 Å². The molecule has 0 bridgehead atoms. The van der Waals surface area contributed by atoms with Gasteiger partial charge in [-0.05, 0) is 38.2 Å². The number of hydrogen-bond donors (Lipinski definition) is 1. The molecule has 1 aliphatic heterocycles. The molecule has 0 unspecified atom stereocenters. The molecule has 1 fully saturated rings. The second-order valence-corrected chi connectivity index (χ2v) is 6.29. The number of carbonyl (C=O) groups is 1. The molecule has 24 heavy (non-hydrogen) atoms. The fourth-order valence-corrected chi connectivity index (χ4v) is 3.04. The number of methoxy groups -OCH3 is 1. The van der Waals surface area contributed by atoms with Crippen molar-refractivity contribution < 1.29 is 9.53 Å². The van der Waals surface area contributed by atoms with Crippen molar-refractivity contribution >= 4 is 5.91 Å². The van der Waals surface area contributed by atoms with Gasteiger partial charge in [-0.1, -0.05) is 0 Å². The minimum Gasteiger partial charge on any atom is -0.375 e. The summed E-state index contributed by atoms with van der Waals surface area (Å²) in [4.78, 5) is 22.7. The smallest absolute Gasteiger partial charge is 0.248 e. The topological polar surface area (TPSA) is 84.0 Å². The molecule has 0 aliphatic carbocycles. The first-order chi connectivity index (χ1) is 11.7. The van der Waals surface area contributed by atoms with Gasteiger partial charge in [-0.25, -0.2) is 0 Å². The van der Waals surface area contributed by atoms with E-state index in [-0.39, 0.29) is 12.5 Å². The molecule has 2 aromatic rings. The second-order valence-electron chi connectivity index (χ2n) is 6.29. The van der Waals surface area contributed by atoms with E-state index in [4.69, 9.17) is 4.74 Å². The molecule has 7 nitrogen and oxygen atoms in total. The molecule has 1 N–H and O–H groups in total. The lowest BCUT2D eigenvalue weighted by molar-refractivity contribution is -0.136. The van der Waals surface area contributed by atoms with Gasteiger partial charge in [0, 0.05) is 32.1 Å². The Morgan fingerprint density at radius 2 is 2.08 bits per heavy atom. The largest absolute Gasteiger partial charge is 0.375 e. The number of rotatable bonds is 5. The second kappa shape index (κ2) is 7.53. The molecular weight excluding hydrogens is 306 g/mol. The highest BCUT2D eigenvalue weighted by atomic mass is 16.5. The van der Waals surface area contributed by atoms with E-state index in [9.17, 15) is 4.79 Å². The molecule has 1 amide bonds. The monoisotopic (exact) mass is 329 g/mol. The molecule has 3 rings (SSSR count). The molecule has 128 valence electrons. The number of aromatic amines is 1. The molecule has 0 radical (unpaired) electrons. The minimum atomic E-state index is 0.0781. The molecule has 0 atom stereocenters. The van der Waals surface area contributed by atoms with E-state index in [2.05, 4.69) is 20.2 Å². The average molecular weight is 329 g/mol. The van der Waals surface area contributed by atoms with Crippen LogP contribution in [-0.2, 0) is 16.0 Å². The summed E-state index contributed by atoms with van der Waals surface area (Å²) in [5, 5.41) is 7.11. The van der Waals surface area contributed by atoms with Crippen LogP contribution in [-0.4, -0.2) is 57.8 Å². The molecule has 7 heteroatoms. The zero-order chi connectivity index (χ0) is 16.9. The van der Waals surface area contributed by atoms with E-state index in [1.165, 1.54) is 0 Å². The van der Waals surface area contributed by atoms with Gasteiger partial charge in [-0.2, -0.15) is 5.10 Å². The van der Waals surface area contributed by atoms with Gasteiger partial charge in [0.2, 0.25) is 5.91 Å². The van der Waals surface area contributed by atoms with Crippen LogP contribution in [0.5, 0.6) is 0 Å². The maximum absolute atomic E-state index is 11.8. The lowest BCUT2D eigenvalue weighted by Gasteiger charge is -2.31. The molecule has 3 heterocycles. The molecule has 1 aliphatic rings. The Bertz CT molecular complexity index is 675. The van der Waals surface area contributed by atoms with Gasteiger partial charge in [-0.3, -0.25) is 19.9 Å². The van der Waals surface area contributed by atoms with Gasteiger partial charge < -0.3 is 9.64 Å². The maximum atomic E-state index is 11.8. The standard InChI is InChI=1S/C17H23N5O2/c1-12-7-15(21-20-12)16-10-18-14(9-19-16)8-13-3-5-22(6-4-13)17(23)11-24-2/h7,9-10,13H,3-6,8,11H2,1-2H3,(H,20,21). The number of aryl methyl sites for hydroxylation is 1. The summed E-state index contributed by atoms with van der Waals surface area (Å²) in [6.45, 7) is 3.72. The van der Waals surface area contributed by atoms with E-state index in [1.54, 1.807) is 13.3 Å². The molecule has 2 aromatic heterocycles. The van der Waals surface area contributed by atoms with E-state index in [0.29, 0.717) is 5.92 Å². The fraction of sp³-hybridized carbons (Fsp3) is 0.529. The van der Waals surface area contributed by atoms with Crippen LogP contribution in [0, 0.1) is 12.8 Å². The predicted molar refractivity (Wildman–Crippen MR) is 89.2 cm³/mol. The number of H-pyrrole nitrogens is 1. The number of aromatic nitrogens is 4. The van der Waals surface area contributed by atoms with Crippen LogP contribution >= 0.6 is 0 Å². The number of piperidine rings is 1. The summed E-state index contributed by atoms with van der Waals surface area (Å²) in [6.07, 6.45) is 6.51. The SMILES string of the molecule is COCC(=O)N1CCC(Cc2cnc(-c3cc(C)[nH]n3)cn2)CC1. The highest BCUT2D eigenvalue weighted by molar-refractivity contribution is 5.77. The number of ether oxygens (including phenoxy) is 1. The summed E-state index contributed by atoms with van der Waals surface area (Å²) in [5.74, 6) is 0.624. The van der Waals surface area contributed by atoms with Crippen LogP contribution in [0.4, 0.5) is 0 Å². The van der Waals surface area contributed by atoms with Gasteiger partial charge in [-0.15, -0.1) is 0 Å². The molecule has 0 spiro atoms. The van der Waals surface area contributed by atoms with Crippen molar-refractivity contribution in [1.29, 1.82) is 0 Å². The van der Waals surface area contributed by atoms with Gasteiger partial charge in [0.1, 0.15) is 18.0 Å². The number of nitrogens with one attached hydrogen (secondary N) is 1. The first kappa shape index (κ1) is 16.6. The number of likely N-dealkylation sites (tertiary alicyclic amines) is 1. The van der Waals surface area contributed by atoms with Crippen LogP contribution in [0.25, 0.3) is 11.4 Å². The van der Waals surface area contributed by atoms with E-state index < -0.39 is 0 Å². The Kier molecular flexibility index (Phi) is 5.20. The fourth-order valence-electron chi connectivity index (χ4n) is 3.04. The Labute approximate surface area is 141 Å². The van der Waals surface area contributed by atoms with Gasteiger partial charge in [0.05, 0.1) is 11.9 Å². The summed E-state index contributed by atoms with van der Waals surface area (Å²) in [6, 6.07) is 1.95. The summed E-state index contributed by atoms with van der Waals surface area (Å²) >= 11 is 0. The lowest BCUT2D eigenvalue weighted by Crippen LogP contribution is -2.40. The highest BCUT2D eigenvalue weighted by Gasteiger charge is 2.23. The number of hydrogen-bond acceptors (Lipinski definition) is 5. The van der Waals surface area contributed by atoms with Gasteiger partial charge >= 0.3 is 0 Å². The summed E-state index contributed by atoms with van der Waals surface area (Å²) in [7, 11) is 1.55. The zero-order valence-corrected chi connectivity index (χ0v) is 14.2. The maximum Gasteiger partial charge on any atom is 0.248 e.